The molecule has 0 saturated carbocycles. The molecule has 0 unspecified atom stereocenters. The molecule has 0 aliphatic carbocycles. The molecule has 1 aliphatic rings. The molecule has 130 valence electrons. The standard InChI is InChI=1S/C20H22N2O3/c1-3-15-6-4-5-13(2)20(15)22-18(23)10-8-14-7-9-17-16(11-14)21-19(24)12-25-17/h4-7,9,11H,3,8,10,12H2,1-2H3,(H,21,24)(H,22,23). The van der Waals surface area contributed by atoms with Crippen molar-refractivity contribution >= 4 is 23.2 Å². The van der Waals surface area contributed by atoms with Gasteiger partial charge < -0.3 is 15.4 Å². The van der Waals surface area contributed by atoms with Gasteiger partial charge in [-0.05, 0) is 48.6 Å². The Morgan fingerprint density at radius 2 is 2.12 bits per heavy atom. The minimum atomic E-state index is -0.158. The van der Waals surface area contributed by atoms with Crippen LogP contribution in [0, 0.1) is 6.92 Å². The zero-order valence-corrected chi connectivity index (χ0v) is 14.5. The van der Waals surface area contributed by atoms with Gasteiger partial charge in [-0.15, -0.1) is 0 Å². The second kappa shape index (κ2) is 7.38. The summed E-state index contributed by atoms with van der Waals surface area (Å²) in [7, 11) is 0. The number of ether oxygens (including phenoxy) is 1. The van der Waals surface area contributed by atoms with Gasteiger partial charge in [0.25, 0.3) is 5.91 Å². The lowest BCUT2D eigenvalue weighted by Gasteiger charge is -2.18. The van der Waals surface area contributed by atoms with Gasteiger partial charge >= 0.3 is 0 Å². The first-order valence-electron chi connectivity index (χ1n) is 8.50. The second-order valence-electron chi connectivity index (χ2n) is 6.18. The van der Waals surface area contributed by atoms with Crippen LogP contribution in [0.25, 0.3) is 0 Å². The lowest BCUT2D eigenvalue weighted by atomic mass is 10.0. The van der Waals surface area contributed by atoms with Crippen LogP contribution >= 0.6 is 0 Å². The van der Waals surface area contributed by atoms with Crippen LogP contribution in [0.1, 0.15) is 30.0 Å². The number of benzene rings is 2. The molecule has 0 fully saturated rings. The third-order valence-electron chi connectivity index (χ3n) is 4.32. The molecule has 0 saturated heterocycles. The largest absolute Gasteiger partial charge is 0.482 e. The third kappa shape index (κ3) is 3.99. The lowest BCUT2D eigenvalue weighted by Crippen LogP contribution is -2.25. The molecular formula is C20H22N2O3. The van der Waals surface area contributed by atoms with Gasteiger partial charge in [-0.25, -0.2) is 0 Å². The number of hydrogen-bond acceptors (Lipinski definition) is 3. The van der Waals surface area contributed by atoms with E-state index in [2.05, 4.69) is 17.6 Å². The molecule has 3 rings (SSSR count). The van der Waals surface area contributed by atoms with Gasteiger partial charge in [0.1, 0.15) is 5.75 Å². The van der Waals surface area contributed by atoms with E-state index in [1.54, 1.807) is 0 Å². The van der Waals surface area contributed by atoms with E-state index in [1.165, 1.54) is 0 Å². The minimum Gasteiger partial charge on any atom is -0.482 e. The Balaban J connectivity index is 1.63. The third-order valence-corrected chi connectivity index (χ3v) is 4.32. The first-order valence-corrected chi connectivity index (χ1v) is 8.50. The van der Waals surface area contributed by atoms with E-state index in [9.17, 15) is 9.59 Å². The summed E-state index contributed by atoms with van der Waals surface area (Å²) < 4.78 is 5.34. The molecule has 0 radical (unpaired) electrons. The first-order chi connectivity index (χ1) is 12.1. The van der Waals surface area contributed by atoms with Crippen molar-refractivity contribution in [1.29, 1.82) is 0 Å². The summed E-state index contributed by atoms with van der Waals surface area (Å²) in [5.74, 6) is 0.497. The molecule has 0 spiro atoms. The molecule has 1 heterocycles. The van der Waals surface area contributed by atoms with Crippen molar-refractivity contribution in [3.63, 3.8) is 0 Å². The van der Waals surface area contributed by atoms with Crippen LogP contribution in [0.15, 0.2) is 36.4 Å². The van der Waals surface area contributed by atoms with Crippen molar-refractivity contribution in [3.05, 3.63) is 53.1 Å². The number of hydrogen-bond donors (Lipinski definition) is 2. The Morgan fingerprint density at radius 1 is 1.28 bits per heavy atom. The molecule has 2 N–H and O–H groups in total. The average Bonchev–Trinajstić information content (AvgIpc) is 2.61. The highest BCUT2D eigenvalue weighted by Gasteiger charge is 2.16. The highest BCUT2D eigenvalue weighted by molar-refractivity contribution is 5.95. The van der Waals surface area contributed by atoms with E-state index in [-0.39, 0.29) is 18.4 Å². The fraction of sp³-hybridized carbons (Fsp3) is 0.300. The zero-order valence-electron chi connectivity index (χ0n) is 14.5. The molecular weight excluding hydrogens is 316 g/mol. The summed E-state index contributed by atoms with van der Waals surface area (Å²) >= 11 is 0. The van der Waals surface area contributed by atoms with E-state index >= 15 is 0 Å². The van der Waals surface area contributed by atoms with Gasteiger partial charge in [-0.1, -0.05) is 31.2 Å². The molecule has 5 heteroatoms. The fourth-order valence-electron chi connectivity index (χ4n) is 2.95. The van der Waals surface area contributed by atoms with Gasteiger partial charge in [0.15, 0.2) is 6.61 Å². The van der Waals surface area contributed by atoms with Crippen LogP contribution < -0.4 is 15.4 Å². The molecule has 2 aromatic rings. The van der Waals surface area contributed by atoms with E-state index in [0.29, 0.717) is 24.3 Å². The van der Waals surface area contributed by atoms with E-state index in [0.717, 1.165) is 28.8 Å². The van der Waals surface area contributed by atoms with Gasteiger partial charge in [0.2, 0.25) is 5.91 Å². The number of rotatable bonds is 5. The summed E-state index contributed by atoms with van der Waals surface area (Å²) in [5.41, 5.74) is 4.78. The van der Waals surface area contributed by atoms with Crippen molar-refractivity contribution in [2.24, 2.45) is 0 Å². The molecule has 0 atom stereocenters. The molecule has 0 aromatic heterocycles. The van der Waals surface area contributed by atoms with Crippen LogP contribution in [0.3, 0.4) is 0 Å². The highest BCUT2D eigenvalue weighted by Crippen LogP contribution is 2.29. The molecule has 0 bridgehead atoms. The fourth-order valence-corrected chi connectivity index (χ4v) is 2.95. The molecule has 25 heavy (non-hydrogen) atoms. The van der Waals surface area contributed by atoms with Crippen LogP contribution in [-0.2, 0) is 22.4 Å². The number of aryl methyl sites for hydroxylation is 3. The van der Waals surface area contributed by atoms with Crippen molar-refractivity contribution in [2.45, 2.75) is 33.1 Å². The van der Waals surface area contributed by atoms with Gasteiger partial charge in [-0.3, -0.25) is 9.59 Å². The highest BCUT2D eigenvalue weighted by atomic mass is 16.5. The monoisotopic (exact) mass is 338 g/mol. The Kier molecular flexibility index (Phi) is 5.03. The number of fused-ring (bicyclic) bond motifs is 1. The molecule has 1 aliphatic heterocycles. The van der Waals surface area contributed by atoms with Gasteiger partial charge in [-0.2, -0.15) is 0 Å². The number of carbonyl (C=O) groups is 2. The van der Waals surface area contributed by atoms with Crippen molar-refractivity contribution in [3.8, 4) is 5.75 Å². The van der Waals surface area contributed by atoms with Crippen LogP contribution in [0.5, 0.6) is 5.75 Å². The summed E-state index contributed by atoms with van der Waals surface area (Å²) in [4.78, 5) is 23.7. The van der Waals surface area contributed by atoms with E-state index < -0.39 is 0 Å². The maximum atomic E-state index is 12.3. The predicted octanol–water partition coefficient (Wildman–Crippen LogP) is 3.46. The van der Waals surface area contributed by atoms with Crippen molar-refractivity contribution < 1.29 is 14.3 Å². The Hall–Kier alpha value is -2.82. The zero-order chi connectivity index (χ0) is 17.8. The topological polar surface area (TPSA) is 67.4 Å². The Bertz CT molecular complexity index is 815. The lowest BCUT2D eigenvalue weighted by molar-refractivity contribution is -0.118. The smallest absolute Gasteiger partial charge is 0.262 e. The minimum absolute atomic E-state index is 0.0120. The van der Waals surface area contributed by atoms with Gasteiger partial charge in [0, 0.05) is 12.1 Å². The number of para-hydroxylation sites is 1. The number of nitrogens with one attached hydrogen (secondary N) is 2. The predicted molar refractivity (Wildman–Crippen MR) is 98.1 cm³/mol. The van der Waals surface area contributed by atoms with E-state index in [1.807, 2.05) is 43.3 Å². The first kappa shape index (κ1) is 17.0. The molecule has 5 nitrogen and oxygen atoms in total. The van der Waals surface area contributed by atoms with Gasteiger partial charge in [0.05, 0.1) is 5.69 Å². The maximum Gasteiger partial charge on any atom is 0.262 e. The quantitative estimate of drug-likeness (QED) is 0.877. The molecule has 2 aromatic carbocycles. The summed E-state index contributed by atoms with van der Waals surface area (Å²) in [6.45, 7) is 4.12. The Labute approximate surface area is 147 Å². The van der Waals surface area contributed by atoms with Crippen LogP contribution in [0.2, 0.25) is 0 Å². The number of anilines is 2. The number of carbonyl (C=O) groups excluding carboxylic acids is 2. The number of amides is 2. The Morgan fingerprint density at radius 3 is 2.92 bits per heavy atom. The van der Waals surface area contributed by atoms with Crippen LogP contribution in [-0.4, -0.2) is 18.4 Å². The summed E-state index contributed by atoms with van der Waals surface area (Å²) in [5, 5.41) is 5.82. The SMILES string of the molecule is CCc1cccc(C)c1NC(=O)CCc1ccc2c(c1)NC(=O)CO2. The summed E-state index contributed by atoms with van der Waals surface area (Å²) in [6, 6.07) is 11.7. The van der Waals surface area contributed by atoms with Crippen LogP contribution in [0.4, 0.5) is 11.4 Å². The summed E-state index contributed by atoms with van der Waals surface area (Å²) in [6.07, 6.45) is 1.86. The average molecular weight is 338 g/mol. The normalized spacial score (nSPS) is 12.8. The van der Waals surface area contributed by atoms with Crippen molar-refractivity contribution in [1.82, 2.24) is 0 Å². The molecule has 2 amide bonds. The van der Waals surface area contributed by atoms with E-state index in [4.69, 9.17) is 4.74 Å². The maximum absolute atomic E-state index is 12.3. The second-order valence-corrected chi connectivity index (χ2v) is 6.18. The van der Waals surface area contributed by atoms with Crippen molar-refractivity contribution in [2.75, 3.05) is 17.2 Å².